The van der Waals surface area contributed by atoms with E-state index < -0.39 is 13.7 Å². The molecular weight excluding hydrogens is 308 g/mol. The van der Waals surface area contributed by atoms with Crippen molar-refractivity contribution in [3.63, 3.8) is 0 Å². The maximum atomic E-state index is 12.5. The second-order valence-corrected chi connectivity index (χ2v) is 13.3. The van der Waals surface area contributed by atoms with Crippen LogP contribution >= 0.6 is 0 Å². The summed E-state index contributed by atoms with van der Waals surface area (Å²) in [7, 11) is -0.696. The average molecular weight is 341 g/mol. The zero-order chi connectivity index (χ0) is 17.6. The van der Waals surface area contributed by atoms with Gasteiger partial charge in [0.25, 0.3) is 8.32 Å². The summed E-state index contributed by atoms with van der Waals surface area (Å²) in [5.74, 6) is 0.499. The fourth-order valence-corrected chi connectivity index (χ4v) is 10.2. The van der Waals surface area contributed by atoms with E-state index in [1.807, 2.05) is 0 Å². The number of hydrogen-bond acceptors (Lipinski definition) is 4. The summed E-state index contributed by atoms with van der Waals surface area (Å²) in [4.78, 5) is 12.5. The lowest BCUT2D eigenvalue weighted by molar-refractivity contribution is -0.149. The van der Waals surface area contributed by atoms with Crippen molar-refractivity contribution in [3.8, 4) is 0 Å². The van der Waals surface area contributed by atoms with Crippen molar-refractivity contribution in [2.24, 2.45) is 11.3 Å². The first-order valence-corrected chi connectivity index (χ1v) is 10.9. The molecule has 0 radical (unpaired) electrons. The van der Waals surface area contributed by atoms with E-state index in [1.165, 1.54) is 7.11 Å². The molecule has 5 heteroatoms. The molecule has 0 N–H and O–H groups in total. The fourth-order valence-electron chi connectivity index (χ4n) is 4.94. The highest BCUT2D eigenvalue weighted by Gasteiger charge is 2.76. The average Bonchev–Trinajstić information content (AvgIpc) is 2.85. The van der Waals surface area contributed by atoms with Crippen LogP contribution in [0, 0.1) is 11.3 Å². The minimum Gasteiger partial charge on any atom is -0.545 e. The molecule has 0 aromatic carbocycles. The first-order chi connectivity index (χ1) is 10.7. The van der Waals surface area contributed by atoms with E-state index in [9.17, 15) is 4.79 Å². The molecule has 2 unspecified atom stereocenters. The van der Waals surface area contributed by atoms with Crippen molar-refractivity contribution in [1.82, 2.24) is 0 Å². The molecule has 23 heavy (non-hydrogen) atoms. The molecule has 0 bridgehead atoms. The lowest BCUT2D eigenvalue weighted by Gasteiger charge is -2.44. The van der Waals surface area contributed by atoms with Crippen molar-refractivity contribution in [1.29, 1.82) is 0 Å². The minimum atomic E-state index is -2.13. The second kappa shape index (κ2) is 6.24. The van der Waals surface area contributed by atoms with Gasteiger partial charge in [-0.15, -0.1) is 0 Å². The van der Waals surface area contributed by atoms with Crippen LogP contribution in [0.3, 0.4) is 0 Å². The summed E-state index contributed by atoms with van der Waals surface area (Å²) in [5, 5.41) is 0. The number of methoxy groups -OCH3 is 1. The van der Waals surface area contributed by atoms with Crippen LogP contribution in [0.5, 0.6) is 0 Å². The van der Waals surface area contributed by atoms with Gasteiger partial charge in [0.2, 0.25) is 0 Å². The molecule has 2 aliphatic rings. The van der Waals surface area contributed by atoms with Gasteiger partial charge in [0, 0.05) is 12.5 Å². The van der Waals surface area contributed by atoms with Gasteiger partial charge in [0.05, 0.1) is 19.0 Å². The maximum Gasteiger partial charge on any atom is 0.322 e. The van der Waals surface area contributed by atoms with E-state index in [0.717, 1.165) is 6.42 Å². The predicted molar refractivity (Wildman–Crippen MR) is 93.6 cm³/mol. The van der Waals surface area contributed by atoms with E-state index in [0.29, 0.717) is 29.0 Å². The van der Waals surface area contributed by atoms with Gasteiger partial charge in [-0.1, -0.05) is 48.1 Å². The third-order valence-electron chi connectivity index (χ3n) is 6.01. The van der Waals surface area contributed by atoms with Gasteiger partial charge >= 0.3 is 5.97 Å². The first-order valence-electron chi connectivity index (χ1n) is 8.75. The molecule has 3 atom stereocenters. The predicted octanol–water partition coefficient (Wildman–Crippen LogP) is 4.27. The molecule has 2 rings (SSSR count). The summed E-state index contributed by atoms with van der Waals surface area (Å²) in [6.07, 6.45) is 0.766. The molecule has 1 saturated heterocycles. The number of rotatable bonds is 7. The summed E-state index contributed by atoms with van der Waals surface area (Å²) in [5.41, 5.74) is 0.541. The maximum absolute atomic E-state index is 12.5. The summed E-state index contributed by atoms with van der Waals surface area (Å²) < 4.78 is 17.5. The molecule has 1 aliphatic heterocycles. The Morgan fingerprint density at radius 3 is 2.04 bits per heavy atom. The number of esters is 1. The first kappa shape index (κ1) is 18.5. The van der Waals surface area contributed by atoms with Crippen molar-refractivity contribution >= 4 is 14.3 Å². The van der Waals surface area contributed by atoms with Gasteiger partial charge in [0.15, 0.2) is 5.41 Å². The Morgan fingerprint density at radius 2 is 1.70 bits per heavy atom. The number of carbonyl (C=O) groups is 1. The molecule has 132 valence electrons. The van der Waals surface area contributed by atoms with Crippen LogP contribution in [-0.4, -0.2) is 34.1 Å². The van der Waals surface area contributed by atoms with E-state index in [2.05, 4.69) is 48.1 Å². The van der Waals surface area contributed by atoms with Crippen LogP contribution in [0.4, 0.5) is 0 Å². The van der Waals surface area contributed by atoms with Crippen molar-refractivity contribution in [2.45, 2.75) is 70.7 Å². The number of carbonyl (C=O) groups excluding carboxylic acids is 1. The third kappa shape index (κ3) is 2.47. The highest BCUT2D eigenvalue weighted by molar-refractivity contribution is 6.77. The quantitative estimate of drug-likeness (QED) is 0.394. The molecule has 1 saturated carbocycles. The monoisotopic (exact) mass is 340 g/mol. The Hall–Kier alpha value is -0.813. The van der Waals surface area contributed by atoms with Crippen molar-refractivity contribution < 1.29 is 18.7 Å². The highest BCUT2D eigenvalue weighted by atomic mass is 28.4. The molecule has 0 spiro atoms. The van der Waals surface area contributed by atoms with E-state index in [4.69, 9.17) is 13.9 Å². The van der Waals surface area contributed by atoms with Gasteiger partial charge in [-0.05, 0) is 23.0 Å². The summed E-state index contributed by atoms with van der Waals surface area (Å²) in [6.45, 7) is 18.3. The topological polar surface area (TPSA) is 44.8 Å². The number of hydrogen-bond donors (Lipinski definition) is 0. The Bertz CT molecular complexity index is 452. The molecule has 1 heterocycles. The van der Waals surface area contributed by atoms with E-state index in [-0.39, 0.29) is 18.0 Å². The van der Waals surface area contributed by atoms with E-state index in [1.54, 1.807) is 0 Å². The zero-order valence-electron chi connectivity index (χ0n) is 15.6. The molecule has 1 aliphatic carbocycles. The fraction of sp³-hybridized carbons (Fsp3) is 0.833. The van der Waals surface area contributed by atoms with Gasteiger partial charge in [-0.25, -0.2) is 0 Å². The Labute approximate surface area is 141 Å². The standard InChI is InChI=1S/C18H32O4Si/c1-11(2)23(12(3)4,13(5)6)22-14(7)18(17(19)20-8)15-9-10-21-16(15)18/h11-13,15-16H,7,9-10H2,1-6,8H3/t15?,16?,18-/m1/s1. The largest absolute Gasteiger partial charge is 0.545 e. The zero-order valence-corrected chi connectivity index (χ0v) is 16.6. The van der Waals surface area contributed by atoms with Gasteiger partial charge in [-0.3, -0.25) is 4.79 Å². The molecule has 4 nitrogen and oxygen atoms in total. The van der Waals surface area contributed by atoms with Crippen LogP contribution in [0.15, 0.2) is 12.3 Å². The lowest BCUT2D eigenvalue weighted by atomic mass is 9.99. The molecule has 0 amide bonds. The van der Waals surface area contributed by atoms with Crippen molar-refractivity contribution in [2.75, 3.05) is 13.7 Å². The molecule has 0 aromatic heterocycles. The Kier molecular flexibility index (Phi) is 5.03. The molecular formula is C18H32O4Si. The smallest absolute Gasteiger partial charge is 0.322 e. The second-order valence-electron chi connectivity index (χ2n) is 7.89. The van der Waals surface area contributed by atoms with E-state index >= 15 is 0 Å². The van der Waals surface area contributed by atoms with Crippen LogP contribution in [0.1, 0.15) is 48.0 Å². The van der Waals surface area contributed by atoms with Crippen LogP contribution in [-0.2, 0) is 18.7 Å². The third-order valence-corrected chi connectivity index (χ3v) is 12.0. The molecule has 2 fully saturated rings. The van der Waals surface area contributed by atoms with Crippen LogP contribution < -0.4 is 0 Å². The van der Waals surface area contributed by atoms with Gasteiger partial charge < -0.3 is 13.9 Å². The Balaban J connectivity index is 2.33. The van der Waals surface area contributed by atoms with Gasteiger partial charge in [0.1, 0.15) is 0 Å². The number of fused-ring (bicyclic) bond motifs is 1. The van der Waals surface area contributed by atoms with Crippen molar-refractivity contribution in [3.05, 3.63) is 12.3 Å². The van der Waals surface area contributed by atoms with Crippen LogP contribution in [0.25, 0.3) is 0 Å². The number of ether oxygens (including phenoxy) is 2. The van der Waals surface area contributed by atoms with Gasteiger partial charge in [-0.2, -0.15) is 0 Å². The Morgan fingerprint density at radius 1 is 1.17 bits per heavy atom. The molecule has 0 aromatic rings. The lowest BCUT2D eigenvalue weighted by Crippen LogP contribution is -2.49. The normalized spacial score (nSPS) is 29.8. The SMILES string of the molecule is C=C(O[Si](C(C)C)(C(C)C)C(C)C)[C@@]1(C(=O)OC)C2CCOC21. The summed E-state index contributed by atoms with van der Waals surface area (Å²) >= 11 is 0. The van der Waals surface area contributed by atoms with Crippen LogP contribution in [0.2, 0.25) is 16.6 Å². The minimum absolute atomic E-state index is 0.111. The summed E-state index contributed by atoms with van der Waals surface area (Å²) in [6, 6.07) is 0. The highest BCUT2D eigenvalue weighted by Crippen LogP contribution is 2.65.